The third-order valence-corrected chi connectivity index (χ3v) is 3.97. The van der Waals surface area contributed by atoms with E-state index in [1.807, 2.05) is 57.3 Å². The number of imidazole rings is 1. The molecule has 0 aliphatic heterocycles. The number of benzene rings is 1. The van der Waals surface area contributed by atoms with Crippen molar-refractivity contribution in [2.45, 2.75) is 27.2 Å². The number of aryl methyl sites for hydroxylation is 2. The number of fused-ring (bicyclic) bond motifs is 1. The molecule has 2 aromatic heterocycles. The average Bonchev–Trinajstić information content (AvgIpc) is 2.84. The maximum atomic E-state index is 11.1. The minimum absolute atomic E-state index is 0.193. The van der Waals surface area contributed by atoms with Crippen LogP contribution in [0, 0.1) is 20.8 Å². The molecular weight excluding hydrogens is 304 g/mol. The van der Waals surface area contributed by atoms with Crippen LogP contribution in [0.1, 0.15) is 22.4 Å². The maximum absolute atomic E-state index is 11.1. The second-order valence-electron chi connectivity index (χ2n) is 5.80. The molecule has 3 aromatic rings. The molecule has 0 saturated heterocycles. The van der Waals surface area contributed by atoms with Crippen LogP contribution in [-0.2, 0) is 11.2 Å². The molecule has 6 nitrogen and oxygen atoms in total. The van der Waals surface area contributed by atoms with Crippen LogP contribution < -0.4 is 0 Å². The molecule has 0 bridgehead atoms. The first-order chi connectivity index (χ1) is 11.5. The topological polar surface area (TPSA) is 79.3 Å². The van der Waals surface area contributed by atoms with Gasteiger partial charge in [0.15, 0.2) is 5.82 Å². The number of hydrogen-bond donors (Lipinski definition) is 1. The third kappa shape index (κ3) is 3.03. The van der Waals surface area contributed by atoms with Crippen LogP contribution in [0.2, 0.25) is 0 Å². The van der Waals surface area contributed by atoms with E-state index in [1.165, 1.54) is 0 Å². The summed E-state index contributed by atoms with van der Waals surface area (Å²) in [4.78, 5) is 15.5. The molecule has 24 heavy (non-hydrogen) atoms. The Morgan fingerprint density at radius 3 is 2.75 bits per heavy atom. The van der Waals surface area contributed by atoms with Crippen LogP contribution in [0.3, 0.4) is 0 Å². The number of azo groups is 1. The first kappa shape index (κ1) is 15.9. The van der Waals surface area contributed by atoms with Crippen molar-refractivity contribution in [3.05, 3.63) is 58.9 Å². The van der Waals surface area contributed by atoms with Crippen molar-refractivity contribution >= 4 is 23.1 Å². The quantitative estimate of drug-likeness (QED) is 0.727. The van der Waals surface area contributed by atoms with Crippen molar-refractivity contribution < 1.29 is 9.90 Å². The Morgan fingerprint density at radius 2 is 2.00 bits per heavy atom. The lowest BCUT2D eigenvalue weighted by molar-refractivity contribution is -0.136. The third-order valence-electron chi connectivity index (χ3n) is 3.97. The SMILES string of the molecule is Cc1ccn2c(N=Nc3cccc(C)c3C)c(CC(=O)O)nc2c1. The van der Waals surface area contributed by atoms with Crippen LogP contribution in [0.25, 0.3) is 5.65 Å². The largest absolute Gasteiger partial charge is 0.481 e. The molecule has 122 valence electrons. The number of aliphatic carboxylic acids is 1. The van der Waals surface area contributed by atoms with Gasteiger partial charge in [-0.05, 0) is 55.7 Å². The minimum Gasteiger partial charge on any atom is -0.481 e. The summed E-state index contributed by atoms with van der Waals surface area (Å²) in [5.41, 5.74) is 5.06. The van der Waals surface area contributed by atoms with Gasteiger partial charge >= 0.3 is 5.97 Å². The molecule has 0 radical (unpaired) electrons. The molecular formula is C18H18N4O2. The van der Waals surface area contributed by atoms with Gasteiger partial charge in [-0.15, -0.1) is 10.2 Å². The number of rotatable bonds is 4. The van der Waals surface area contributed by atoms with E-state index < -0.39 is 5.97 Å². The summed E-state index contributed by atoms with van der Waals surface area (Å²) >= 11 is 0. The van der Waals surface area contributed by atoms with Gasteiger partial charge in [-0.2, -0.15) is 0 Å². The van der Waals surface area contributed by atoms with E-state index in [2.05, 4.69) is 15.2 Å². The van der Waals surface area contributed by atoms with Crippen LogP contribution in [-0.4, -0.2) is 20.5 Å². The van der Waals surface area contributed by atoms with E-state index >= 15 is 0 Å². The highest BCUT2D eigenvalue weighted by molar-refractivity contribution is 5.72. The first-order valence-corrected chi connectivity index (χ1v) is 7.63. The number of carbonyl (C=O) groups is 1. The Bertz CT molecular complexity index is 957. The van der Waals surface area contributed by atoms with E-state index in [0.717, 1.165) is 22.4 Å². The zero-order valence-corrected chi connectivity index (χ0v) is 13.8. The normalized spacial score (nSPS) is 11.5. The fraction of sp³-hybridized carbons (Fsp3) is 0.222. The Kier molecular flexibility index (Phi) is 4.12. The highest BCUT2D eigenvalue weighted by atomic mass is 16.4. The predicted molar refractivity (Wildman–Crippen MR) is 91.4 cm³/mol. The Balaban J connectivity index is 2.11. The lowest BCUT2D eigenvalue weighted by Crippen LogP contribution is -2.00. The molecule has 0 saturated carbocycles. The Morgan fingerprint density at radius 1 is 1.21 bits per heavy atom. The molecule has 3 rings (SSSR count). The lowest BCUT2D eigenvalue weighted by atomic mass is 10.1. The van der Waals surface area contributed by atoms with E-state index in [9.17, 15) is 4.79 Å². The van der Waals surface area contributed by atoms with Gasteiger partial charge in [-0.1, -0.05) is 12.1 Å². The van der Waals surface area contributed by atoms with Crippen LogP contribution in [0.15, 0.2) is 46.8 Å². The van der Waals surface area contributed by atoms with Gasteiger partial charge in [-0.25, -0.2) is 4.98 Å². The fourth-order valence-electron chi connectivity index (χ4n) is 2.50. The van der Waals surface area contributed by atoms with E-state index in [4.69, 9.17) is 5.11 Å². The number of pyridine rings is 1. The van der Waals surface area contributed by atoms with E-state index in [0.29, 0.717) is 17.2 Å². The van der Waals surface area contributed by atoms with E-state index in [1.54, 1.807) is 4.40 Å². The van der Waals surface area contributed by atoms with Crippen molar-refractivity contribution in [3.8, 4) is 0 Å². The zero-order valence-electron chi connectivity index (χ0n) is 13.8. The minimum atomic E-state index is -0.946. The number of carboxylic acids is 1. The van der Waals surface area contributed by atoms with Gasteiger partial charge in [0.2, 0.25) is 0 Å². The highest BCUT2D eigenvalue weighted by Crippen LogP contribution is 2.27. The summed E-state index contributed by atoms with van der Waals surface area (Å²) < 4.78 is 1.76. The van der Waals surface area contributed by atoms with Crippen molar-refractivity contribution in [2.24, 2.45) is 10.2 Å². The number of hydrogen-bond acceptors (Lipinski definition) is 4. The molecule has 0 aliphatic carbocycles. The summed E-state index contributed by atoms with van der Waals surface area (Å²) in [7, 11) is 0. The van der Waals surface area contributed by atoms with Crippen molar-refractivity contribution in [1.82, 2.24) is 9.38 Å². The fourth-order valence-corrected chi connectivity index (χ4v) is 2.50. The summed E-state index contributed by atoms with van der Waals surface area (Å²) in [5.74, 6) is -0.494. The Labute approximate surface area is 139 Å². The monoisotopic (exact) mass is 322 g/mol. The summed E-state index contributed by atoms with van der Waals surface area (Å²) in [6.45, 7) is 5.96. The maximum Gasteiger partial charge on any atom is 0.309 e. The average molecular weight is 322 g/mol. The van der Waals surface area contributed by atoms with Gasteiger partial charge in [0.25, 0.3) is 0 Å². The van der Waals surface area contributed by atoms with Crippen LogP contribution in [0.5, 0.6) is 0 Å². The second-order valence-corrected chi connectivity index (χ2v) is 5.80. The standard InChI is InChI=1S/C18H18N4O2/c1-11-7-8-22-16(9-11)19-15(10-17(23)24)18(22)21-20-14-6-4-5-12(2)13(14)3/h4-9H,10H2,1-3H3,(H,23,24). The molecule has 0 unspecified atom stereocenters. The second kappa shape index (κ2) is 6.23. The lowest BCUT2D eigenvalue weighted by Gasteiger charge is -2.02. The number of nitrogens with zero attached hydrogens (tertiary/aromatic N) is 4. The highest BCUT2D eigenvalue weighted by Gasteiger charge is 2.15. The van der Waals surface area contributed by atoms with Gasteiger partial charge in [0.1, 0.15) is 5.65 Å². The number of carboxylic acid groups (broad SMARTS) is 1. The predicted octanol–water partition coefficient (Wildman–Crippen LogP) is 4.30. The molecule has 1 N–H and O–H groups in total. The van der Waals surface area contributed by atoms with E-state index in [-0.39, 0.29) is 6.42 Å². The smallest absolute Gasteiger partial charge is 0.309 e. The summed E-state index contributed by atoms with van der Waals surface area (Å²) in [6, 6.07) is 9.64. The van der Waals surface area contributed by atoms with Crippen molar-refractivity contribution in [2.75, 3.05) is 0 Å². The molecule has 6 heteroatoms. The molecule has 0 atom stereocenters. The molecule has 2 heterocycles. The van der Waals surface area contributed by atoms with Gasteiger partial charge < -0.3 is 5.11 Å². The van der Waals surface area contributed by atoms with Crippen LogP contribution >= 0.6 is 0 Å². The first-order valence-electron chi connectivity index (χ1n) is 7.63. The molecule has 0 spiro atoms. The zero-order chi connectivity index (χ0) is 17.3. The Hall–Kier alpha value is -3.02. The molecule has 0 fully saturated rings. The summed E-state index contributed by atoms with van der Waals surface area (Å²) in [6.07, 6.45) is 1.64. The van der Waals surface area contributed by atoms with Crippen molar-refractivity contribution in [1.29, 1.82) is 0 Å². The van der Waals surface area contributed by atoms with Gasteiger partial charge in [-0.3, -0.25) is 9.20 Å². The van der Waals surface area contributed by atoms with Crippen molar-refractivity contribution in [3.63, 3.8) is 0 Å². The number of aromatic nitrogens is 2. The van der Waals surface area contributed by atoms with Crippen LogP contribution in [0.4, 0.5) is 11.5 Å². The molecule has 0 amide bonds. The molecule has 0 aliphatic rings. The molecule has 1 aromatic carbocycles. The summed E-state index contributed by atoms with van der Waals surface area (Å²) in [5, 5.41) is 17.7. The van der Waals surface area contributed by atoms with Gasteiger partial charge in [0, 0.05) is 6.20 Å². The van der Waals surface area contributed by atoms with Gasteiger partial charge in [0.05, 0.1) is 17.8 Å².